The number of hydrogen-bond acceptors (Lipinski definition) is 12. The number of amides is 4. The zero-order valence-corrected chi connectivity index (χ0v) is 33.7. The number of carbonyl (C=O) groups is 3. The Bertz CT molecular complexity index is 2280. The summed E-state index contributed by atoms with van der Waals surface area (Å²) in [6, 6.07) is 16.6. The maximum Gasteiger partial charge on any atom is 0.326 e. The molecule has 0 saturated carbocycles. The molecule has 0 saturated heterocycles. The summed E-state index contributed by atoms with van der Waals surface area (Å²) in [6.45, 7) is 2.20. The van der Waals surface area contributed by atoms with E-state index >= 15 is 0 Å². The van der Waals surface area contributed by atoms with Crippen molar-refractivity contribution in [3.8, 4) is 0 Å². The summed E-state index contributed by atoms with van der Waals surface area (Å²) in [4.78, 5) is 70.4. The van der Waals surface area contributed by atoms with Crippen LogP contribution < -0.4 is 41.9 Å². The Balaban J connectivity index is 1.03. The number of carbonyl (C=O) groups excluding carboxylic acids is 3. The van der Waals surface area contributed by atoms with E-state index in [-0.39, 0.29) is 61.7 Å². The van der Waals surface area contributed by atoms with Gasteiger partial charge in [-0.05, 0) is 54.1 Å². The molecule has 19 heteroatoms. The molecule has 0 spiro atoms. The van der Waals surface area contributed by atoms with E-state index in [4.69, 9.17) is 10.5 Å². The highest BCUT2D eigenvalue weighted by molar-refractivity contribution is 7.99. The second-order valence-corrected chi connectivity index (χ2v) is 15.5. The molecule has 0 bridgehead atoms. The van der Waals surface area contributed by atoms with Gasteiger partial charge in [-0.15, -0.1) is 0 Å². The summed E-state index contributed by atoms with van der Waals surface area (Å²) in [5, 5.41) is 8.75. The van der Waals surface area contributed by atoms with Gasteiger partial charge >= 0.3 is 6.03 Å². The molecule has 300 valence electrons. The van der Waals surface area contributed by atoms with E-state index < -0.39 is 29.2 Å². The van der Waals surface area contributed by atoms with Gasteiger partial charge in [-0.3, -0.25) is 28.8 Å². The predicted molar refractivity (Wildman–Crippen MR) is 221 cm³/mol. The Hall–Kier alpha value is -5.79. The van der Waals surface area contributed by atoms with Gasteiger partial charge in [0.25, 0.3) is 5.56 Å². The van der Waals surface area contributed by atoms with Crippen LogP contribution in [0.3, 0.4) is 0 Å². The van der Waals surface area contributed by atoms with Gasteiger partial charge < -0.3 is 36.2 Å². The van der Waals surface area contributed by atoms with Gasteiger partial charge in [-0.25, -0.2) is 14.2 Å². The molecule has 1 aliphatic rings. The van der Waals surface area contributed by atoms with Crippen LogP contribution in [0.25, 0.3) is 11.2 Å². The molecular formula is C38H44FN11O5S2. The second-order valence-electron chi connectivity index (χ2n) is 13.5. The van der Waals surface area contributed by atoms with Crippen LogP contribution in [0, 0.1) is 5.82 Å². The number of benzene rings is 3. The van der Waals surface area contributed by atoms with Crippen LogP contribution in [0.2, 0.25) is 0 Å². The largest absolute Gasteiger partial charge is 0.378 e. The summed E-state index contributed by atoms with van der Waals surface area (Å²) < 4.78 is 21.0. The quantitative estimate of drug-likeness (QED) is 0.0760. The SMILES string of the molecule is CC(=O)N[C@@H](CSc1nc2c(=O)[nH]c(N)nc2n1Cc1ccc(F)cc1)C(=O)NCCOCCNC(=O)N1c2ccc(N(C)C)cc2Sc2cc(N(C)C)ccc21. The van der Waals surface area contributed by atoms with Crippen LogP contribution in [0.1, 0.15) is 12.5 Å². The minimum Gasteiger partial charge on any atom is -0.378 e. The molecular weight excluding hydrogens is 774 g/mol. The number of halogens is 1. The molecule has 1 aliphatic heterocycles. The number of anilines is 5. The van der Waals surface area contributed by atoms with Crippen LogP contribution in [0.5, 0.6) is 0 Å². The number of hydrogen-bond donors (Lipinski definition) is 5. The van der Waals surface area contributed by atoms with Crippen LogP contribution in [-0.4, -0.2) is 104 Å². The lowest BCUT2D eigenvalue weighted by molar-refractivity contribution is -0.127. The predicted octanol–water partition coefficient (Wildman–Crippen LogP) is 3.76. The van der Waals surface area contributed by atoms with E-state index in [1.165, 1.54) is 19.1 Å². The third-order valence-electron chi connectivity index (χ3n) is 8.81. The molecule has 57 heavy (non-hydrogen) atoms. The molecule has 3 aromatic carbocycles. The third kappa shape index (κ3) is 9.78. The number of nitrogen functional groups attached to an aromatic ring is 1. The van der Waals surface area contributed by atoms with Gasteiger partial charge in [-0.2, -0.15) is 4.98 Å². The fraction of sp³-hybridized carbons (Fsp3) is 0.316. The van der Waals surface area contributed by atoms with Gasteiger partial charge in [0, 0.05) is 75.1 Å². The van der Waals surface area contributed by atoms with Crippen molar-refractivity contribution >= 4 is 81.2 Å². The minimum atomic E-state index is -0.960. The van der Waals surface area contributed by atoms with Crippen molar-refractivity contribution in [2.45, 2.75) is 34.5 Å². The lowest BCUT2D eigenvalue weighted by atomic mass is 10.2. The molecule has 0 fully saturated rings. The normalized spacial score (nSPS) is 12.4. The van der Waals surface area contributed by atoms with Crippen LogP contribution in [0.15, 0.2) is 80.4 Å². The van der Waals surface area contributed by atoms with Crippen molar-refractivity contribution in [2.24, 2.45) is 0 Å². The number of aromatic amines is 1. The first kappa shape index (κ1) is 40.9. The Labute approximate surface area is 336 Å². The molecule has 16 nitrogen and oxygen atoms in total. The van der Waals surface area contributed by atoms with Crippen molar-refractivity contribution in [3.63, 3.8) is 0 Å². The van der Waals surface area contributed by atoms with E-state index in [0.29, 0.717) is 10.7 Å². The number of H-pyrrole nitrogens is 1. The number of urea groups is 1. The Morgan fingerprint density at radius 1 is 0.930 bits per heavy atom. The highest BCUT2D eigenvalue weighted by atomic mass is 32.2. The average Bonchev–Trinajstić information content (AvgIpc) is 3.51. The first-order valence-corrected chi connectivity index (χ1v) is 19.7. The lowest BCUT2D eigenvalue weighted by Gasteiger charge is -2.32. The summed E-state index contributed by atoms with van der Waals surface area (Å²) >= 11 is 2.76. The number of rotatable bonds is 15. The number of nitrogens with zero attached hydrogens (tertiary/aromatic N) is 6. The monoisotopic (exact) mass is 817 g/mol. The Kier molecular flexibility index (Phi) is 12.9. The smallest absolute Gasteiger partial charge is 0.326 e. The molecule has 6 rings (SSSR count). The topological polar surface area (TPSA) is 196 Å². The van der Waals surface area contributed by atoms with Gasteiger partial charge in [0.15, 0.2) is 16.3 Å². The van der Waals surface area contributed by atoms with Gasteiger partial charge in [0.1, 0.15) is 11.9 Å². The number of nitrogens with one attached hydrogen (secondary N) is 4. The number of fused-ring (bicyclic) bond motifs is 3. The number of ether oxygens (including phenoxy) is 1. The van der Waals surface area contributed by atoms with E-state index in [1.807, 2.05) is 62.3 Å². The second kappa shape index (κ2) is 18.0. The molecule has 2 aromatic heterocycles. The highest BCUT2D eigenvalue weighted by Gasteiger charge is 2.29. The highest BCUT2D eigenvalue weighted by Crippen LogP contribution is 2.50. The Morgan fingerprint density at radius 2 is 1.54 bits per heavy atom. The van der Waals surface area contributed by atoms with Gasteiger partial charge in [-0.1, -0.05) is 35.7 Å². The van der Waals surface area contributed by atoms with E-state index in [9.17, 15) is 23.6 Å². The van der Waals surface area contributed by atoms with Crippen LogP contribution in [0.4, 0.5) is 37.9 Å². The molecule has 0 unspecified atom stereocenters. The summed E-state index contributed by atoms with van der Waals surface area (Å²) in [5.74, 6) is -1.30. The summed E-state index contributed by atoms with van der Waals surface area (Å²) in [5.41, 5.74) is 9.88. The van der Waals surface area contributed by atoms with E-state index in [1.54, 1.807) is 33.4 Å². The fourth-order valence-corrected chi connectivity index (χ4v) is 8.10. The van der Waals surface area contributed by atoms with Crippen molar-refractivity contribution in [2.75, 3.05) is 80.7 Å². The molecule has 5 aromatic rings. The van der Waals surface area contributed by atoms with Crippen LogP contribution >= 0.6 is 23.5 Å². The van der Waals surface area contributed by atoms with Gasteiger partial charge in [0.05, 0.1) is 31.1 Å². The summed E-state index contributed by atoms with van der Waals surface area (Å²) in [6.07, 6.45) is 0. The molecule has 0 aliphatic carbocycles. The molecule has 0 radical (unpaired) electrons. The zero-order chi connectivity index (χ0) is 40.8. The van der Waals surface area contributed by atoms with Gasteiger partial charge in [0.2, 0.25) is 17.8 Å². The summed E-state index contributed by atoms with van der Waals surface area (Å²) in [7, 11) is 7.90. The Morgan fingerprint density at radius 3 is 2.14 bits per heavy atom. The molecule has 4 amide bonds. The average molecular weight is 818 g/mol. The number of thioether (sulfide) groups is 1. The van der Waals surface area contributed by atoms with Crippen molar-refractivity contribution < 1.29 is 23.5 Å². The number of nitrogens with two attached hydrogens (primary N) is 1. The molecule has 3 heterocycles. The standard InChI is InChI=1S/C38H44FN11O5S2/c1-22(51)43-27(21-56-38-44-32-33(45-36(40)46-35(32)53)49(38)20-23-6-8-24(39)9-7-23)34(52)41-14-16-55-17-15-42-37(54)50-28-12-10-25(47(2)3)18-30(28)57-31-19-26(48(4)5)11-13-29(31)50/h6-13,18-19,27H,14-17,20-21H2,1-5H3,(H,41,52)(H,42,54)(H,43,51)(H3,40,45,46,53)/t27-/m0/s1. The number of aromatic nitrogens is 4. The molecule has 1 atom stereocenters. The zero-order valence-electron chi connectivity index (χ0n) is 32.1. The fourth-order valence-electron chi connectivity index (χ4n) is 5.96. The first-order chi connectivity index (χ1) is 27.3. The third-order valence-corrected chi connectivity index (χ3v) is 11.0. The van der Waals surface area contributed by atoms with Crippen LogP contribution in [-0.2, 0) is 20.9 Å². The maximum atomic E-state index is 13.7. The van der Waals surface area contributed by atoms with Crippen molar-refractivity contribution in [1.29, 1.82) is 0 Å². The first-order valence-electron chi connectivity index (χ1n) is 17.9. The van der Waals surface area contributed by atoms with Crippen molar-refractivity contribution in [1.82, 2.24) is 35.5 Å². The maximum absolute atomic E-state index is 13.7. The number of imidazole rings is 1. The molecule has 6 N–H and O–H groups in total. The van der Waals surface area contributed by atoms with E-state index in [2.05, 4.69) is 43.0 Å². The van der Waals surface area contributed by atoms with Crippen molar-refractivity contribution in [3.05, 3.63) is 82.4 Å². The minimum absolute atomic E-state index is 0.0458. The van der Waals surface area contributed by atoms with E-state index in [0.717, 1.165) is 44.3 Å². The lowest BCUT2D eigenvalue weighted by Crippen LogP contribution is -2.48.